The summed E-state index contributed by atoms with van der Waals surface area (Å²) in [4.78, 5) is 3.76. The highest BCUT2D eigenvalue weighted by Crippen LogP contribution is 2.28. The molecular weight excluding hydrogens is 340 g/mol. The molecule has 0 bridgehead atoms. The number of oxazole rings is 1. The van der Waals surface area contributed by atoms with Gasteiger partial charge in [-0.15, -0.1) is 0 Å². The van der Waals surface area contributed by atoms with Crippen LogP contribution in [0.1, 0.15) is 17.4 Å². The molecule has 0 aliphatic heterocycles. The lowest BCUT2D eigenvalue weighted by Crippen LogP contribution is -1.97. The number of aromatic nitrogens is 1. The van der Waals surface area contributed by atoms with Crippen LogP contribution in [0.4, 0.5) is 0 Å². The Morgan fingerprint density at radius 1 is 1.38 bits per heavy atom. The molecule has 2 aromatic rings. The molecule has 0 spiro atoms. The summed E-state index contributed by atoms with van der Waals surface area (Å²) in [5.41, 5.74) is 0.751. The molecule has 0 saturated heterocycles. The van der Waals surface area contributed by atoms with Crippen LogP contribution in [0.15, 0.2) is 41.3 Å². The maximum absolute atomic E-state index is 9.93. The molecule has 16 heavy (non-hydrogen) atoms. The third-order valence-electron chi connectivity index (χ3n) is 2.07. The second-order valence-electron chi connectivity index (χ2n) is 3.05. The van der Waals surface area contributed by atoms with Gasteiger partial charge in [0.25, 0.3) is 0 Å². The summed E-state index contributed by atoms with van der Waals surface area (Å²) < 4.78 is 10.4. The molecular formula is C10H9INO3P. The van der Waals surface area contributed by atoms with Crippen molar-refractivity contribution >= 4 is 28.5 Å². The first-order valence-corrected chi connectivity index (χ1v) is 8.52. The van der Waals surface area contributed by atoms with Crippen LogP contribution in [0.2, 0.25) is 0 Å². The highest BCUT2D eigenvalue weighted by atomic mass is 127. The molecule has 0 aliphatic carbocycles. The van der Waals surface area contributed by atoms with Crippen LogP contribution in [0.5, 0.6) is 5.75 Å². The topological polar surface area (TPSA) is 55.5 Å². The lowest BCUT2D eigenvalue weighted by Gasteiger charge is -2.08. The number of hydrogen-bond donors (Lipinski definition) is 1. The Hall–Kier alpha value is -0.650. The van der Waals surface area contributed by atoms with E-state index in [2.05, 4.69) is 27.0 Å². The number of benzene rings is 1. The lowest BCUT2D eigenvalue weighted by atomic mass is 10.1. The summed E-state index contributed by atoms with van der Waals surface area (Å²) in [5, 5.41) is 9.93. The first-order chi connectivity index (χ1) is 7.81. The summed E-state index contributed by atoms with van der Waals surface area (Å²) in [7, 11) is 0. The fraction of sp³-hybridized carbons (Fsp3) is 0.100. The van der Waals surface area contributed by atoms with E-state index in [1.165, 1.54) is 12.6 Å². The molecule has 4 nitrogen and oxygen atoms in total. The molecule has 2 atom stereocenters. The molecule has 2 rings (SSSR count). The number of halogens is 1. The Bertz CT molecular complexity index is 432. The first kappa shape index (κ1) is 11.8. The summed E-state index contributed by atoms with van der Waals surface area (Å²) in [6.07, 6.45) is 2.02. The smallest absolute Gasteiger partial charge is 0.181 e. The second kappa shape index (κ2) is 5.61. The fourth-order valence-corrected chi connectivity index (χ4v) is 2.28. The van der Waals surface area contributed by atoms with E-state index in [-0.39, 0.29) is 0 Å². The van der Waals surface area contributed by atoms with Gasteiger partial charge in [-0.1, -0.05) is 12.1 Å². The highest BCUT2D eigenvalue weighted by Gasteiger charge is 2.13. The molecule has 0 aliphatic rings. The van der Waals surface area contributed by atoms with Crippen LogP contribution >= 0.6 is 28.5 Å². The van der Waals surface area contributed by atoms with Gasteiger partial charge in [0.1, 0.15) is 18.3 Å². The minimum absolute atomic E-state index is 0.383. The van der Waals surface area contributed by atoms with E-state index in [1.54, 1.807) is 12.1 Å². The van der Waals surface area contributed by atoms with Crippen molar-refractivity contribution in [2.24, 2.45) is 0 Å². The van der Waals surface area contributed by atoms with Crippen molar-refractivity contribution in [3.8, 4) is 5.75 Å². The molecule has 6 heteroatoms. The Kier molecular flexibility index (Phi) is 4.15. The van der Waals surface area contributed by atoms with Gasteiger partial charge >= 0.3 is 0 Å². The van der Waals surface area contributed by atoms with Crippen molar-refractivity contribution in [2.75, 3.05) is 0 Å². The van der Waals surface area contributed by atoms with E-state index >= 15 is 0 Å². The minimum atomic E-state index is -0.779. The van der Waals surface area contributed by atoms with Crippen molar-refractivity contribution in [1.29, 1.82) is 0 Å². The zero-order chi connectivity index (χ0) is 11.4. The standard InChI is InChI=1S/C10H9INO3P/c11-16-15-8-3-1-7(2-4-8)10(13)9-5-12-6-14-9/h1-6,10,13,16H. The third kappa shape index (κ3) is 2.72. The summed E-state index contributed by atoms with van der Waals surface area (Å²) in [5.74, 6) is 1.23. The molecule has 0 amide bonds. The van der Waals surface area contributed by atoms with Gasteiger partial charge < -0.3 is 14.0 Å². The van der Waals surface area contributed by atoms with E-state index in [0.29, 0.717) is 12.2 Å². The molecule has 84 valence electrons. The molecule has 1 heterocycles. The first-order valence-electron chi connectivity index (χ1n) is 4.50. The summed E-state index contributed by atoms with van der Waals surface area (Å²) in [6, 6.07) is 7.25. The second-order valence-corrected chi connectivity index (χ2v) is 4.73. The normalized spacial score (nSPS) is 13.1. The van der Waals surface area contributed by atoms with Crippen LogP contribution < -0.4 is 4.52 Å². The van der Waals surface area contributed by atoms with Crippen LogP contribution in [0.3, 0.4) is 0 Å². The molecule has 0 fully saturated rings. The zero-order valence-electron chi connectivity index (χ0n) is 8.13. The molecule has 1 aromatic carbocycles. The maximum Gasteiger partial charge on any atom is 0.181 e. The number of hydrogen-bond acceptors (Lipinski definition) is 4. The van der Waals surface area contributed by atoms with Gasteiger partial charge in [0.2, 0.25) is 0 Å². The molecule has 0 saturated carbocycles. The Morgan fingerprint density at radius 2 is 2.12 bits per heavy atom. The highest BCUT2D eigenvalue weighted by molar-refractivity contribution is 14.2. The van der Waals surface area contributed by atoms with Crippen molar-refractivity contribution in [2.45, 2.75) is 6.10 Å². The third-order valence-corrected chi connectivity index (χ3v) is 3.05. The van der Waals surface area contributed by atoms with Gasteiger partial charge in [0.15, 0.2) is 12.2 Å². The van der Waals surface area contributed by atoms with Gasteiger partial charge in [-0.3, -0.25) is 0 Å². The van der Waals surface area contributed by atoms with Gasteiger partial charge in [0.05, 0.1) is 6.20 Å². The van der Waals surface area contributed by atoms with Crippen molar-refractivity contribution in [3.05, 3.63) is 48.2 Å². The van der Waals surface area contributed by atoms with Crippen LogP contribution in [0.25, 0.3) is 0 Å². The molecule has 1 N–H and O–H groups in total. The van der Waals surface area contributed by atoms with Crippen LogP contribution in [-0.4, -0.2) is 10.1 Å². The van der Waals surface area contributed by atoms with Crippen molar-refractivity contribution < 1.29 is 14.0 Å². The molecule has 2 unspecified atom stereocenters. The largest absolute Gasteiger partial charge is 0.467 e. The average Bonchev–Trinajstić information content (AvgIpc) is 2.83. The lowest BCUT2D eigenvalue weighted by molar-refractivity contribution is 0.189. The van der Waals surface area contributed by atoms with Gasteiger partial charge in [-0.2, -0.15) is 0 Å². The van der Waals surface area contributed by atoms with E-state index in [1.807, 2.05) is 12.1 Å². The monoisotopic (exact) mass is 349 g/mol. The van der Waals surface area contributed by atoms with Crippen LogP contribution in [0, 0.1) is 0 Å². The van der Waals surface area contributed by atoms with E-state index < -0.39 is 6.10 Å². The molecule has 1 aromatic heterocycles. The number of aliphatic hydroxyl groups is 1. The van der Waals surface area contributed by atoms with Crippen molar-refractivity contribution in [1.82, 2.24) is 4.98 Å². The molecule has 0 radical (unpaired) electrons. The number of nitrogens with zero attached hydrogens (tertiary/aromatic N) is 1. The number of rotatable bonds is 4. The predicted octanol–water partition coefficient (Wildman–Crippen LogP) is 3.08. The Labute approximate surface area is 107 Å². The van der Waals surface area contributed by atoms with Gasteiger partial charge in [-0.05, 0) is 39.7 Å². The van der Waals surface area contributed by atoms with Crippen LogP contribution in [-0.2, 0) is 0 Å². The van der Waals surface area contributed by atoms with E-state index in [0.717, 1.165) is 11.3 Å². The van der Waals surface area contributed by atoms with Gasteiger partial charge in [0, 0.05) is 0 Å². The van der Waals surface area contributed by atoms with E-state index in [4.69, 9.17) is 8.94 Å². The summed E-state index contributed by atoms with van der Waals surface area (Å²) >= 11 is 2.15. The number of aliphatic hydroxyl groups excluding tert-OH is 1. The Balaban J connectivity index is 2.15. The van der Waals surface area contributed by atoms with Crippen molar-refractivity contribution in [3.63, 3.8) is 0 Å². The van der Waals surface area contributed by atoms with E-state index in [9.17, 15) is 5.11 Å². The summed E-state index contributed by atoms with van der Waals surface area (Å²) in [6.45, 7) is 0.383. The fourth-order valence-electron chi connectivity index (χ4n) is 1.29. The minimum Gasteiger partial charge on any atom is -0.467 e. The average molecular weight is 349 g/mol. The maximum atomic E-state index is 9.93. The predicted molar refractivity (Wildman–Crippen MR) is 70.0 cm³/mol. The quantitative estimate of drug-likeness (QED) is 0.681. The SMILES string of the molecule is OC(c1ccc(OPI)cc1)c1cnco1. The Morgan fingerprint density at radius 3 is 2.69 bits per heavy atom. The van der Waals surface area contributed by atoms with Gasteiger partial charge in [-0.25, -0.2) is 4.98 Å². The zero-order valence-corrected chi connectivity index (χ0v) is 11.3.